The number of nitrogens with one attached hydrogen (secondary N) is 1. The van der Waals surface area contributed by atoms with Crippen LogP contribution in [-0.4, -0.2) is 15.2 Å². The standard InChI is InChI=1S/C8H13N3S/c1-5-12-7-9-6(10-11-7)8(2,3)4/h5H,1H2,2-4H3,(H,9,10,11). The van der Waals surface area contributed by atoms with Gasteiger partial charge in [-0.1, -0.05) is 39.1 Å². The molecule has 0 bridgehead atoms. The van der Waals surface area contributed by atoms with E-state index in [1.54, 1.807) is 5.41 Å². The van der Waals surface area contributed by atoms with Crippen LogP contribution in [-0.2, 0) is 5.41 Å². The van der Waals surface area contributed by atoms with Crippen LogP contribution in [0, 0.1) is 0 Å². The van der Waals surface area contributed by atoms with Crippen LogP contribution in [0.5, 0.6) is 0 Å². The Morgan fingerprint density at radius 1 is 1.50 bits per heavy atom. The molecule has 0 aromatic carbocycles. The number of rotatable bonds is 2. The Morgan fingerprint density at radius 2 is 2.17 bits per heavy atom. The Labute approximate surface area is 76.7 Å². The molecule has 0 aliphatic heterocycles. The Kier molecular flexibility index (Phi) is 2.57. The van der Waals surface area contributed by atoms with Gasteiger partial charge in [-0.3, -0.25) is 5.10 Å². The van der Waals surface area contributed by atoms with Gasteiger partial charge in [0.25, 0.3) is 0 Å². The predicted octanol–water partition coefficient (Wildman–Crippen LogP) is 2.34. The van der Waals surface area contributed by atoms with Crippen LogP contribution in [0.1, 0.15) is 26.6 Å². The van der Waals surface area contributed by atoms with E-state index < -0.39 is 0 Å². The van der Waals surface area contributed by atoms with Gasteiger partial charge in [0.2, 0.25) is 0 Å². The highest BCUT2D eigenvalue weighted by Crippen LogP contribution is 2.20. The van der Waals surface area contributed by atoms with Crippen LogP contribution < -0.4 is 0 Å². The lowest BCUT2D eigenvalue weighted by atomic mass is 9.96. The van der Waals surface area contributed by atoms with Crippen molar-refractivity contribution in [3.8, 4) is 0 Å². The molecule has 4 heteroatoms. The maximum Gasteiger partial charge on any atom is 0.187 e. The van der Waals surface area contributed by atoms with Crippen molar-refractivity contribution >= 4 is 11.8 Å². The number of thioether (sulfide) groups is 1. The number of aromatic nitrogens is 3. The molecule has 66 valence electrons. The third-order valence-electron chi connectivity index (χ3n) is 1.33. The second-order valence-electron chi connectivity index (χ2n) is 3.50. The van der Waals surface area contributed by atoms with Crippen LogP contribution in [0.15, 0.2) is 17.1 Å². The molecule has 1 aromatic heterocycles. The number of nitrogens with zero attached hydrogens (tertiary/aromatic N) is 2. The number of H-pyrrole nitrogens is 1. The molecule has 0 saturated carbocycles. The zero-order chi connectivity index (χ0) is 9.19. The molecular weight excluding hydrogens is 170 g/mol. The van der Waals surface area contributed by atoms with Gasteiger partial charge in [-0.15, -0.1) is 0 Å². The number of aromatic amines is 1. The normalized spacial score (nSPS) is 11.6. The monoisotopic (exact) mass is 183 g/mol. The minimum absolute atomic E-state index is 0.0104. The van der Waals surface area contributed by atoms with E-state index in [0.717, 1.165) is 11.0 Å². The van der Waals surface area contributed by atoms with Crippen molar-refractivity contribution in [1.82, 2.24) is 15.2 Å². The summed E-state index contributed by atoms with van der Waals surface area (Å²) in [5, 5.41) is 9.48. The van der Waals surface area contributed by atoms with Gasteiger partial charge in [0, 0.05) is 5.41 Å². The van der Waals surface area contributed by atoms with E-state index in [4.69, 9.17) is 0 Å². The smallest absolute Gasteiger partial charge is 0.187 e. The first-order valence-electron chi connectivity index (χ1n) is 3.74. The third kappa shape index (κ3) is 2.11. The molecule has 1 N–H and O–H groups in total. The summed E-state index contributed by atoms with van der Waals surface area (Å²) in [5.74, 6) is 0.840. The average Bonchev–Trinajstić information content (AvgIpc) is 2.35. The molecule has 0 aliphatic rings. The van der Waals surface area contributed by atoms with Gasteiger partial charge in [0.1, 0.15) is 0 Å². The summed E-state index contributed by atoms with van der Waals surface area (Å²) >= 11 is 1.45. The molecule has 12 heavy (non-hydrogen) atoms. The van der Waals surface area contributed by atoms with Crippen LogP contribution >= 0.6 is 11.8 Å². The van der Waals surface area contributed by atoms with Crippen LogP contribution in [0.3, 0.4) is 0 Å². The molecule has 0 saturated heterocycles. The molecule has 0 aliphatic carbocycles. The fourth-order valence-corrected chi connectivity index (χ4v) is 1.11. The lowest BCUT2D eigenvalue weighted by Crippen LogP contribution is -2.13. The second-order valence-corrected chi connectivity index (χ2v) is 4.45. The van der Waals surface area contributed by atoms with Crippen molar-refractivity contribution in [1.29, 1.82) is 0 Å². The molecule has 1 rings (SSSR count). The van der Waals surface area contributed by atoms with E-state index in [1.165, 1.54) is 11.8 Å². The second kappa shape index (κ2) is 3.31. The Bertz CT molecular complexity index is 272. The fraction of sp³-hybridized carbons (Fsp3) is 0.500. The zero-order valence-corrected chi connectivity index (χ0v) is 8.40. The molecule has 0 spiro atoms. The van der Waals surface area contributed by atoms with Crippen LogP contribution in [0.4, 0.5) is 0 Å². The molecule has 0 amide bonds. The minimum Gasteiger partial charge on any atom is -0.254 e. The summed E-state index contributed by atoms with van der Waals surface area (Å²) in [4.78, 5) is 4.30. The van der Waals surface area contributed by atoms with E-state index in [9.17, 15) is 0 Å². The molecule has 1 heterocycles. The van der Waals surface area contributed by atoms with Gasteiger partial charge in [-0.25, -0.2) is 4.98 Å². The van der Waals surface area contributed by atoms with Crippen LogP contribution in [0.2, 0.25) is 0 Å². The fourth-order valence-electron chi connectivity index (χ4n) is 0.714. The Morgan fingerprint density at radius 3 is 2.58 bits per heavy atom. The molecular formula is C8H13N3S. The molecule has 0 unspecified atom stereocenters. The van der Waals surface area contributed by atoms with Gasteiger partial charge in [-0.05, 0) is 5.41 Å². The summed E-state index contributed by atoms with van der Waals surface area (Å²) in [6.45, 7) is 9.85. The van der Waals surface area contributed by atoms with E-state index in [0.29, 0.717) is 0 Å². The largest absolute Gasteiger partial charge is 0.254 e. The lowest BCUT2D eigenvalue weighted by molar-refractivity contribution is 0.547. The van der Waals surface area contributed by atoms with E-state index in [-0.39, 0.29) is 5.41 Å². The van der Waals surface area contributed by atoms with Crippen molar-refractivity contribution in [2.45, 2.75) is 31.3 Å². The molecule has 0 radical (unpaired) electrons. The van der Waals surface area contributed by atoms with E-state index in [1.807, 2.05) is 0 Å². The van der Waals surface area contributed by atoms with Gasteiger partial charge >= 0.3 is 0 Å². The van der Waals surface area contributed by atoms with Gasteiger partial charge in [0.15, 0.2) is 11.0 Å². The highest BCUT2D eigenvalue weighted by molar-refractivity contribution is 8.01. The maximum absolute atomic E-state index is 4.30. The van der Waals surface area contributed by atoms with Gasteiger partial charge in [0.05, 0.1) is 0 Å². The van der Waals surface area contributed by atoms with Crippen molar-refractivity contribution < 1.29 is 0 Å². The summed E-state index contributed by atoms with van der Waals surface area (Å²) in [5.41, 5.74) is 0.0104. The molecule has 3 nitrogen and oxygen atoms in total. The highest BCUT2D eigenvalue weighted by atomic mass is 32.2. The van der Waals surface area contributed by atoms with Crippen molar-refractivity contribution in [3.05, 3.63) is 17.8 Å². The molecule has 1 aromatic rings. The topological polar surface area (TPSA) is 41.6 Å². The number of hydrogen-bond acceptors (Lipinski definition) is 3. The third-order valence-corrected chi connectivity index (χ3v) is 1.90. The Balaban J connectivity index is 2.84. The number of hydrogen-bond donors (Lipinski definition) is 1. The predicted molar refractivity (Wildman–Crippen MR) is 51.1 cm³/mol. The zero-order valence-electron chi connectivity index (χ0n) is 7.59. The van der Waals surface area contributed by atoms with Gasteiger partial charge < -0.3 is 0 Å². The van der Waals surface area contributed by atoms with E-state index >= 15 is 0 Å². The first-order valence-corrected chi connectivity index (χ1v) is 4.62. The van der Waals surface area contributed by atoms with Crippen molar-refractivity contribution in [3.63, 3.8) is 0 Å². The van der Waals surface area contributed by atoms with E-state index in [2.05, 4.69) is 42.5 Å². The Hall–Kier alpha value is -0.770. The highest BCUT2D eigenvalue weighted by Gasteiger charge is 2.18. The first kappa shape index (κ1) is 9.32. The summed E-state index contributed by atoms with van der Waals surface area (Å²) in [6, 6.07) is 0. The van der Waals surface area contributed by atoms with Crippen molar-refractivity contribution in [2.75, 3.05) is 0 Å². The quantitative estimate of drug-likeness (QED) is 0.715. The lowest BCUT2D eigenvalue weighted by Gasteiger charge is -2.11. The summed E-state index contributed by atoms with van der Waals surface area (Å²) in [6.07, 6.45) is 0. The summed E-state index contributed by atoms with van der Waals surface area (Å²) < 4.78 is 0. The van der Waals surface area contributed by atoms with Crippen molar-refractivity contribution in [2.24, 2.45) is 0 Å². The minimum atomic E-state index is 0.0104. The summed E-state index contributed by atoms with van der Waals surface area (Å²) in [7, 11) is 0. The van der Waals surface area contributed by atoms with Gasteiger partial charge in [-0.2, -0.15) is 5.10 Å². The first-order chi connectivity index (χ1) is 5.54. The molecule has 0 fully saturated rings. The maximum atomic E-state index is 4.30. The SMILES string of the molecule is C=CSc1nc(C(C)(C)C)n[nH]1. The molecule has 0 atom stereocenters. The average molecular weight is 183 g/mol. The van der Waals surface area contributed by atoms with Crippen LogP contribution in [0.25, 0.3) is 0 Å².